The predicted molar refractivity (Wildman–Crippen MR) is 105 cm³/mol. The number of carbonyl (C=O) groups excluding carboxylic acids is 1. The van der Waals surface area contributed by atoms with Crippen molar-refractivity contribution < 1.29 is 9.90 Å². The van der Waals surface area contributed by atoms with Crippen LogP contribution in [0.4, 0.5) is 0 Å². The summed E-state index contributed by atoms with van der Waals surface area (Å²) < 4.78 is 1.31. The van der Waals surface area contributed by atoms with Crippen LogP contribution in [-0.2, 0) is 17.9 Å². The molecule has 1 fully saturated rings. The maximum Gasteiger partial charge on any atom is 0.258 e. The minimum absolute atomic E-state index is 0.0433. The van der Waals surface area contributed by atoms with Crippen LogP contribution in [0.1, 0.15) is 18.2 Å². The highest BCUT2D eigenvalue weighted by Crippen LogP contribution is 2.18. The Bertz CT molecular complexity index is 1060. The first-order valence-corrected chi connectivity index (χ1v) is 9.30. The Hall–Kier alpha value is -3.19. The zero-order valence-electron chi connectivity index (χ0n) is 15.7. The van der Waals surface area contributed by atoms with E-state index in [1.807, 2.05) is 47.1 Å². The van der Waals surface area contributed by atoms with Gasteiger partial charge in [-0.15, -0.1) is 0 Å². The largest absolute Gasteiger partial charge is 0.504 e. The molecule has 28 heavy (non-hydrogen) atoms. The number of hydrogen-bond donors (Lipinski definition) is 1. The molecule has 144 valence electrons. The summed E-state index contributed by atoms with van der Waals surface area (Å²) in [6.45, 7) is 4.18. The monoisotopic (exact) mass is 378 g/mol. The first-order chi connectivity index (χ1) is 13.5. The summed E-state index contributed by atoms with van der Waals surface area (Å²) in [6.07, 6.45) is 1.57. The summed E-state index contributed by atoms with van der Waals surface area (Å²) >= 11 is 0. The maximum absolute atomic E-state index is 12.8. The van der Waals surface area contributed by atoms with Gasteiger partial charge in [-0.1, -0.05) is 30.3 Å². The van der Waals surface area contributed by atoms with Gasteiger partial charge in [-0.25, -0.2) is 4.98 Å². The van der Waals surface area contributed by atoms with Crippen molar-refractivity contribution in [2.75, 3.05) is 13.1 Å². The molecule has 1 N–H and O–H groups in total. The molecule has 1 saturated heterocycles. The number of amides is 1. The average molecular weight is 378 g/mol. The summed E-state index contributed by atoms with van der Waals surface area (Å²) in [5, 5.41) is 10.00. The van der Waals surface area contributed by atoms with E-state index in [0.717, 1.165) is 5.56 Å². The van der Waals surface area contributed by atoms with Crippen LogP contribution in [0.15, 0.2) is 59.5 Å². The third-order valence-electron chi connectivity index (χ3n) is 5.18. The second kappa shape index (κ2) is 7.44. The number of hydrogen-bond acceptors (Lipinski definition) is 5. The van der Waals surface area contributed by atoms with Crippen LogP contribution < -0.4 is 5.56 Å². The fraction of sp³-hybridized carbons (Fsp3) is 0.286. The zero-order valence-corrected chi connectivity index (χ0v) is 15.7. The topological polar surface area (TPSA) is 78.2 Å². The molecule has 7 nitrogen and oxygen atoms in total. The number of fused-ring (bicyclic) bond motifs is 1. The predicted octanol–water partition coefficient (Wildman–Crippen LogP) is 1.63. The Kier molecular flexibility index (Phi) is 4.83. The zero-order chi connectivity index (χ0) is 19.7. The molecule has 7 heteroatoms. The molecule has 0 aliphatic carbocycles. The van der Waals surface area contributed by atoms with E-state index in [1.54, 1.807) is 12.3 Å². The highest BCUT2D eigenvalue weighted by molar-refractivity contribution is 5.82. The maximum atomic E-state index is 12.8. The molecular weight excluding hydrogens is 356 g/mol. The second-order valence-corrected chi connectivity index (χ2v) is 7.06. The standard InChI is InChI=1S/C21H22N4O3/c1-15-21(28)24(13-16-6-3-2-4-7-16)11-10-23(15)14-17-12-19(27)25-9-5-8-18(26)20(25)22-17/h2-9,12,15,26H,10-11,13-14H2,1H3/t15-/m0/s1. The van der Waals surface area contributed by atoms with Gasteiger partial charge in [0.2, 0.25) is 5.91 Å². The third kappa shape index (κ3) is 3.48. The fourth-order valence-electron chi connectivity index (χ4n) is 3.60. The molecule has 0 unspecified atom stereocenters. The van der Waals surface area contributed by atoms with Crippen LogP contribution in [0.25, 0.3) is 5.65 Å². The Morgan fingerprint density at radius 1 is 1.07 bits per heavy atom. The normalized spacial score (nSPS) is 18.0. The van der Waals surface area contributed by atoms with Gasteiger partial charge in [-0.05, 0) is 24.6 Å². The summed E-state index contributed by atoms with van der Waals surface area (Å²) in [5.41, 5.74) is 1.63. The molecule has 1 amide bonds. The molecule has 0 spiro atoms. The van der Waals surface area contributed by atoms with Gasteiger partial charge in [0.15, 0.2) is 11.4 Å². The molecule has 0 saturated carbocycles. The van der Waals surface area contributed by atoms with Gasteiger partial charge in [0, 0.05) is 38.4 Å². The fourth-order valence-corrected chi connectivity index (χ4v) is 3.60. The van der Waals surface area contributed by atoms with Crippen LogP contribution in [-0.4, -0.2) is 49.3 Å². The lowest BCUT2D eigenvalue weighted by Gasteiger charge is -2.39. The minimum Gasteiger partial charge on any atom is -0.504 e. The molecule has 2 aromatic heterocycles. The van der Waals surface area contributed by atoms with Gasteiger partial charge in [0.1, 0.15) is 0 Å². The average Bonchev–Trinajstić information content (AvgIpc) is 2.69. The molecule has 0 bridgehead atoms. The number of nitrogens with zero attached hydrogens (tertiary/aromatic N) is 4. The lowest BCUT2D eigenvalue weighted by atomic mass is 10.1. The smallest absolute Gasteiger partial charge is 0.258 e. The molecule has 1 atom stereocenters. The molecule has 0 radical (unpaired) electrons. The van der Waals surface area contributed by atoms with Crippen molar-refractivity contribution in [3.05, 3.63) is 76.3 Å². The number of pyridine rings is 1. The van der Waals surface area contributed by atoms with E-state index in [0.29, 0.717) is 31.9 Å². The number of benzene rings is 1. The molecule has 3 heterocycles. The molecular formula is C21H22N4O3. The van der Waals surface area contributed by atoms with Crippen LogP contribution in [0, 0.1) is 0 Å². The van der Waals surface area contributed by atoms with Crippen molar-refractivity contribution in [3.8, 4) is 5.75 Å². The van der Waals surface area contributed by atoms with Gasteiger partial charge < -0.3 is 10.0 Å². The Balaban J connectivity index is 1.51. The Labute approximate surface area is 162 Å². The highest BCUT2D eigenvalue weighted by Gasteiger charge is 2.31. The van der Waals surface area contributed by atoms with Gasteiger partial charge in [-0.3, -0.25) is 18.9 Å². The highest BCUT2D eigenvalue weighted by atomic mass is 16.3. The van der Waals surface area contributed by atoms with E-state index < -0.39 is 0 Å². The molecule has 3 aromatic rings. The van der Waals surface area contributed by atoms with E-state index in [9.17, 15) is 14.7 Å². The van der Waals surface area contributed by atoms with E-state index >= 15 is 0 Å². The van der Waals surface area contributed by atoms with E-state index in [-0.39, 0.29) is 28.9 Å². The van der Waals surface area contributed by atoms with Crippen LogP contribution in [0.2, 0.25) is 0 Å². The van der Waals surface area contributed by atoms with Crippen molar-refractivity contribution in [1.82, 2.24) is 19.2 Å². The van der Waals surface area contributed by atoms with Crippen molar-refractivity contribution in [1.29, 1.82) is 0 Å². The molecule has 1 aliphatic rings. The quantitative estimate of drug-likeness (QED) is 0.747. The Morgan fingerprint density at radius 2 is 1.86 bits per heavy atom. The number of aromatic hydroxyl groups is 1. The lowest BCUT2D eigenvalue weighted by molar-refractivity contribution is -0.142. The van der Waals surface area contributed by atoms with Gasteiger partial charge in [-0.2, -0.15) is 0 Å². The summed E-state index contributed by atoms with van der Waals surface area (Å²) in [7, 11) is 0. The first-order valence-electron chi connectivity index (χ1n) is 9.30. The van der Waals surface area contributed by atoms with E-state index in [1.165, 1.54) is 16.5 Å². The molecule has 1 aromatic carbocycles. The van der Waals surface area contributed by atoms with Crippen molar-refractivity contribution in [2.45, 2.75) is 26.1 Å². The number of carbonyl (C=O) groups is 1. The van der Waals surface area contributed by atoms with Gasteiger partial charge in [0.25, 0.3) is 5.56 Å². The van der Waals surface area contributed by atoms with Crippen LogP contribution in [0.3, 0.4) is 0 Å². The first kappa shape index (κ1) is 18.2. The van der Waals surface area contributed by atoms with Crippen LogP contribution in [0.5, 0.6) is 5.75 Å². The van der Waals surface area contributed by atoms with Crippen LogP contribution >= 0.6 is 0 Å². The number of rotatable bonds is 4. The Morgan fingerprint density at radius 3 is 2.64 bits per heavy atom. The number of aromatic nitrogens is 2. The third-order valence-corrected chi connectivity index (χ3v) is 5.18. The lowest BCUT2D eigenvalue weighted by Crippen LogP contribution is -2.55. The van der Waals surface area contributed by atoms with Gasteiger partial charge in [0.05, 0.1) is 11.7 Å². The summed E-state index contributed by atoms with van der Waals surface area (Å²) in [5.74, 6) is 0.0220. The summed E-state index contributed by atoms with van der Waals surface area (Å²) in [6, 6.07) is 14.2. The van der Waals surface area contributed by atoms with Crippen molar-refractivity contribution >= 4 is 11.6 Å². The molecule has 1 aliphatic heterocycles. The van der Waals surface area contributed by atoms with Gasteiger partial charge >= 0.3 is 0 Å². The van der Waals surface area contributed by atoms with Crippen molar-refractivity contribution in [2.24, 2.45) is 0 Å². The number of piperazine rings is 1. The SMILES string of the molecule is C[C@H]1C(=O)N(Cc2ccccc2)CCN1Cc1cc(=O)n2cccc(O)c2n1. The van der Waals surface area contributed by atoms with E-state index in [2.05, 4.69) is 4.98 Å². The summed E-state index contributed by atoms with van der Waals surface area (Å²) in [4.78, 5) is 33.4. The molecule has 4 rings (SSSR count). The van der Waals surface area contributed by atoms with Crippen molar-refractivity contribution in [3.63, 3.8) is 0 Å². The second-order valence-electron chi connectivity index (χ2n) is 7.06. The minimum atomic E-state index is -0.304. The van der Waals surface area contributed by atoms with E-state index in [4.69, 9.17) is 0 Å².